The first-order valence-electron chi connectivity index (χ1n) is 10.1. The van der Waals surface area contributed by atoms with Crippen molar-refractivity contribution in [1.29, 1.82) is 0 Å². The summed E-state index contributed by atoms with van der Waals surface area (Å²) in [6.45, 7) is 2.87. The van der Waals surface area contributed by atoms with Crippen molar-refractivity contribution < 1.29 is 27.1 Å². The number of nitrogens with zero attached hydrogens (tertiary/aromatic N) is 3. The van der Waals surface area contributed by atoms with Gasteiger partial charge >= 0.3 is 0 Å². The van der Waals surface area contributed by atoms with Crippen LogP contribution in [0.2, 0.25) is 0 Å². The Morgan fingerprint density at radius 1 is 1.09 bits per heavy atom. The average molecular weight is 494 g/mol. The third kappa shape index (κ3) is 5.60. The Hall–Kier alpha value is -2.76. The Labute approximate surface area is 197 Å². The molecule has 9 nitrogen and oxygen atoms in total. The zero-order chi connectivity index (χ0) is 24.2. The lowest BCUT2D eigenvalue weighted by Gasteiger charge is -2.21. The lowest BCUT2D eigenvalue weighted by molar-refractivity contribution is -0.128. The number of hydrogen-bond acceptors (Lipinski definition) is 8. The third-order valence-corrected chi connectivity index (χ3v) is 7.62. The summed E-state index contributed by atoms with van der Waals surface area (Å²) in [5.74, 6) is 1.30. The minimum absolute atomic E-state index is 0.0737. The van der Waals surface area contributed by atoms with E-state index in [1.54, 1.807) is 25.2 Å². The highest BCUT2D eigenvalue weighted by Crippen LogP contribution is 2.29. The van der Waals surface area contributed by atoms with Gasteiger partial charge in [-0.2, -0.15) is 0 Å². The van der Waals surface area contributed by atoms with E-state index in [0.29, 0.717) is 40.9 Å². The molecule has 3 rings (SSSR count). The number of amides is 1. The molecule has 0 fully saturated rings. The molecule has 0 unspecified atom stereocenters. The normalized spacial score (nSPS) is 11.7. The van der Waals surface area contributed by atoms with Gasteiger partial charge in [-0.1, -0.05) is 17.8 Å². The molecule has 3 aromatic rings. The van der Waals surface area contributed by atoms with Gasteiger partial charge in [0.2, 0.25) is 15.9 Å². The van der Waals surface area contributed by atoms with E-state index in [9.17, 15) is 13.2 Å². The van der Waals surface area contributed by atoms with Crippen LogP contribution in [0.15, 0.2) is 50.9 Å². The Morgan fingerprint density at radius 2 is 1.82 bits per heavy atom. The van der Waals surface area contributed by atoms with Crippen LogP contribution in [0.3, 0.4) is 0 Å². The molecule has 1 heterocycles. The van der Waals surface area contributed by atoms with Crippen molar-refractivity contribution in [3.8, 4) is 11.5 Å². The van der Waals surface area contributed by atoms with Gasteiger partial charge < -0.3 is 18.8 Å². The van der Waals surface area contributed by atoms with Crippen LogP contribution >= 0.6 is 11.8 Å². The smallest absolute Gasteiger partial charge is 0.257 e. The first-order chi connectivity index (χ1) is 15.7. The highest BCUT2D eigenvalue weighted by Gasteiger charge is 2.20. The Kier molecular flexibility index (Phi) is 7.88. The number of thioether (sulfide) groups is 1. The first kappa shape index (κ1) is 24.9. The van der Waals surface area contributed by atoms with E-state index in [1.165, 1.54) is 38.0 Å². The number of carbonyl (C=O) groups is 1. The molecule has 0 aliphatic heterocycles. The molecule has 0 aliphatic rings. The third-order valence-electron chi connectivity index (χ3n) is 4.99. The van der Waals surface area contributed by atoms with Crippen LogP contribution in [0.4, 0.5) is 0 Å². The van der Waals surface area contributed by atoms with E-state index in [4.69, 9.17) is 13.9 Å². The van der Waals surface area contributed by atoms with E-state index >= 15 is 0 Å². The molecule has 1 amide bonds. The summed E-state index contributed by atoms with van der Waals surface area (Å²) in [5.41, 5.74) is 1.80. The molecule has 0 saturated heterocycles. The summed E-state index contributed by atoms with van der Waals surface area (Å²) in [5, 5.41) is 0.305. The molecule has 33 heavy (non-hydrogen) atoms. The second-order valence-electron chi connectivity index (χ2n) is 7.28. The molecular weight excluding hydrogens is 466 g/mol. The molecular formula is C22H27N3O6S2. The average Bonchev–Trinajstić information content (AvgIpc) is 3.22. The fourth-order valence-corrected chi connectivity index (χ4v) is 4.77. The van der Waals surface area contributed by atoms with Crippen molar-refractivity contribution in [3.05, 3.63) is 42.0 Å². The summed E-state index contributed by atoms with van der Waals surface area (Å²) in [6.07, 6.45) is 0. The lowest BCUT2D eigenvalue weighted by Crippen LogP contribution is -2.31. The Bertz CT molecular complexity index is 1240. The van der Waals surface area contributed by atoms with Crippen molar-refractivity contribution >= 4 is 38.8 Å². The maximum Gasteiger partial charge on any atom is 0.257 e. The van der Waals surface area contributed by atoms with Crippen LogP contribution in [-0.4, -0.2) is 69.1 Å². The molecule has 1 aromatic heterocycles. The molecule has 0 atom stereocenters. The second kappa shape index (κ2) is 10.4. The predicted octanol–water partition coefficient (Wildman–Crippen LogP) is 3.24. The fourth-order valence-electron chi connectivity index (χ4n) is 3.11. The van der Waals surface area contributed by atoms with Crippen molar-refractivity contribution in [1.82, 2.24) is 14.2 Å². The summed E-state index contributed by atoms with van der Waals surface area (Å²) in [7, 11) is 2.51. The summed E-state index contributed by atoms with van der Waals surface area (Å²) in [6, 6.07) is 10.1. The minimum atomic E-state index is -3.57. The van der Waals surface area contributed by atoms with Crippen LogP contribution < -0.4 is 9.47 Å². The summed E-state index contributed by atoms with van der Waals surface area (Å²) in [4.78, 5) is 19.0. The molecule has 11 heteroatoms. The van der Waals surface area contributed by atoms with E-state index in [-0.39, 0.29) is 16.6 Å². The SMILES string of the molecule is CCN(Cc1ccc(OC)c(OC)c1)C(=O)CSc1nc2cc(S(=O)(=O)N(C)C)ccc2o1. The first-order valence-corrected chi connectivity index (χ1v) is 12.6. The quantitative estimate of drug-likeness (QED) is 0.397. The van der Waals surface area contributed by atoms with Gasteiger partial charge in [-0.3, -0.25) is 4.79 Å². The summed E-state index contributed by atoms with van der Waals surface area (Å²) < 4.78 is 42.1. The van der Waals surface area contributed by atoms with Gasteiger partial charge in [0.1, 0.15) is 5.52 Å². The number of fused-ring (bicyclic) bond motifs is 1. The van der Waals surface area contributed by atoms with E-state index < -0.39 is 10.0 Å². The van der Waals surface area contributed by atoms with E-state index in [0.717, 1.165) is 9.87 Å². The number of ether oxygens (including phenoxy) is 2. The maximum absolute atomic E-state index is 12.8. The molecule has 0 radical (unpaired) electrons. The number of carbonyl (C=O) groups excluding carboxylic acids is 1. The number of sulfonamides is 1. The molecule has 2 aromatic carbocycles. The monoisotopic (exact) mass is 493 g/mol. The standard InChI is InChI=1S/C22H27N3O6S2/c1-6-25(13-15-7-9-19(29-4)20(11-15)30-5)21(26)14-32-22-23-17-12-16(8-10-18(17)31-22)33(27,28)24(2)3/h7-12H,6,13-14H2,1-5H3. The molecule has 0 saturated carbocycles. The van der Waals surface area contributed by atoms with Gasteiger partial charge in [0.05, 0.1) is 24.9 Å². The number of rotatable bonds is 10. The highest BCUT2D eigenvalue weighted by atomic mass is 32.2. The number of benzene rings is 2. The second-order valence-corrected chi connectivity index (χ2v) is 10.4. The fraction of sp³-hybridized carbons (Fsp3) is 0.364. The Morgan fingerprint density at radius 3 is 2.45 bits per heavy atom. The van der Waals surface area contributed by atoms with E-state index in [1.807, 2.05) is 25.1 Å². The molecule has 0 aliphatic carbocycles. The Balaban J connectivity index is 1.68. The number of oxazole rings is 1. The van der Waals surface area contributed by atoms with Gasteiger partial charge in [0, 0.05) is 27.2 Å². The topological polar surface area (TPSA) is 102 Å². The van der Waals surface area contributed by atoms with Crippen molar-refractivity contribution in [3.63, 3.8) is 0 Å². The maximum atomic E-state index is 12.8. The van der Waals surface area contributed by atoms with Gasteiger partial charge in [-0.05, 0) is 42.8 Å². The summed E-state index contributed by atoms with van der Waals surface area (Å²) >= 11 is 1.17. The van der Waals surface area contributed by atoms with Crippen LogP contribution in [0.25, 0.3) is 11.1 Å². The van der Waals surface area contributed by atoms with Crippen LogP contribution in [0.5, 0.6) is 11.5 Å². The van der Waals surface area contributed by atoms with Crippen molar-refractivity contribution in [2.45, 2.75) is 23.6 Å². The number of hydrogen-bond donors (Lipinski definition) is 0. The number of aromatic nitrogens is 1. The van der Waals surface area contributed by atoms with E-state index in [2.05, 4.69) is 4.98 Å². The minimum Gasteiger partial charge on any atom is -0.493 e. The number of methoxy groups -OCH3 is 2. The van der Waals surface area contributed by atoms with Crippen LogP contribution in [0, 0.1) is 0 Å². The van der Waals surface area contributed by atoms with Crippen molar-refractivity contribution in [2.24, 2.45) is 0 Å². The van der Waals surface area contributed by atoms with Crippen LogP contribution in [-0.2, 0) is 21.4 Å². The van der Waals surface area contributed by atoms with Gasteiger partial charge in [0.25, 0.3) is 5.22 Å². The van der Waals surface area contributed by atoms with Gasteiger partial charge in [-0.15, -0.1) is 0 Å². The van der Waals surface area contributed by atoms with Crippen molar-refractivity contribution in [2.75, 3.05) is 40.6 Å². The lowest BCUT2D eigenvalue weighted by atomic mass is 10.2. The highest BCUT2D eigenvalue weighted by molar-refractivity contribution is 7.99. The molecule has 0 bridgehead atoms. The zero-order valence-corrected chi connectivity index (χ0v) is 20.8. The largest absolute Gasteiger partial charge is 0.493 e. The zero-order valence-electron chi connectivity index (χ0n) is 19.2. The molecule has 178 valence electrons. The molecule has 0 spiro atoms. The van der Waals surface area contributed by atoms with Gasteiger partial charge in [0.15, 0.2) is 17.1 Å². The predicted molar refractivity (Wildman–Crippen MR) is 126 cm³/mol. The van der Waals surface area contributed by atoms with Crippen LogP contribution in [0.1, 0.15) is 12.5 Å². The molecule has 0 N–H and O–H groups in total. The van der Waals surface area contributed by atoms with Gasteiger partial charge in [-0.25, -0.2) is 17.7 Å².